The number of rotatable bonds is 2. The highest BCUT2D eigenvalue weighted by Gasteiger charge is 2.54. The van der Waals surface area contributed by atoms with E-state index in [0.717, 1.165) is 21.6 Å². The highest BCUT2D eigenvalue weighted by molar-refractivity contribution is 7.09. The van der Waals surface area contributed by atoms with Gasteiger partial charge in [0.2, 0.25) is 0 Å². The zero-order valence-corrected chi connectivity index (χ0v) is 13.4. The van der Waals surface area contributed by atoms with Gasteiger partial charge in [-0.05, 0) is 12.3 Å². The molecular weight excluding hydrogens is 319 g/mol. The number of carbonyl (C=O) groups is 2. The fraction of sp³-hybridized carbons (Fsp3) is 0.615. The third kappa shape index (κ3) is 2.69. The Morgan fingerprint density at radius 3 is 2.32 bits per heavy atom. The molecule has 1 aromatic heterocycles. The molecule has 1 N–H and O–H groups in total. The number of nitrogens with zero attached hydrogens (tertiary/aromatic N) is 2. The van der Waals surface area contributed by atoms with E-state index in [1.54, 1.807) is 27.7 Å². The number of nitrogens with one attached hydrogen (secondary N) is 1. The first kappa shape index (κ1) is 16.7. The first-order valence-electron chi connectivity index (χ1n) is 6.52. The molecule has 5 nitrogen and oxygen atoms in total. The van der Waals surface area contributed by atoms with Crippen molar-refractivity contribution in [3.05, 3.63) is 16.1 Å². The Hall–Kier alpha value is -1.64. The van der Waals surface area contributed by atoms with Gasteiger partial charge in [0.05, 0.1) is 6.54 Å². The molecule has 1 aliphatic rings. The molecule has 0 spiro atoms. The lowest BCUT2D eigenvalue weighted by atomic mass is 9.75. The average Bonchev–Trinajstić information content (AvgIpc) is 2.88. The molecule has 1 saturated heterocycles. The molecule has 22 heavy (non-hydrogen) atoms. The maximum atomic E-state index is 12.5. The van der Waals surface area contributed by atoms with Crippen molar-refractivity contribution in [1.82, 2.24) is 15.2 Å². The van der Waals surface area contributed by atoms with Crippen LogP contribution in [0.2, 0.25) is 0 Å². The molecule has 9 heteroatoms. The van der Waals surface area contributed by atoms with Gasteiger partial charge in [0, 0.05) is 5.38 Å². The van der Waals surface area contributed by atoms with E-state index in [1.165, 1.54) is 0 Å². The molecule has 1 aliphatic heterocycles. The molecular formula is C13H16F3N3O2S. The number of amides is 3. The van der Waals surface area contributed by atoms with Gasteiger partial charge >= 0.3 is 12.2 Å². The molecule has 3 amide bonds. The lowest BCUT2D eigenvalue weighted by Gasteiger charge is -2.35. The van der Waals surface area contributed by atoms with Gasteiger partial charge in [-0.1, -0.05) is 20.8 Å². The first-order valence-corrected chi connectivity index (χ1v) is 7.40. The van der Waals surface area contributed by atoms with E-state index in [0.29, 0.717) is 0 Å². The van der Waals surface area contributed by atoms with Crippen molar-refractivity contribution in [3.8, 4) is 0 Å². The van der Waals surface area contributed by atoms with E-state index >= 15 is 0 Å². The van der Waals surface area contributed by atoms with E-state index in [2.05, 4.69) is 10.3 Å². The second kappa shape index (κ2) is 4.94. The topological polar surface area (TPSA) is 62.3 Å². The number of urea groups is 1. The summed E-state index contributed by atoms with van der Waals surface area (Å²) in [6.45, 7) is 6.76. The summed E-state index contributed by atoms with van der Waals surface area (Å²) in [7, 11) is 0. The van der Waals surface area contributed by atoms with Crippen LogP contribution in [-0.4, -0.2) is 27.4 Å². The molecule has 122 valence electrons. The summed E-state index contributed by atoms with van der Waals surface area (Å²) in [6, 6.07) is -0.619. The van der Waals surface area contributed by atoms with Gasteiger partial charge in [0.15, 0.2) is 5.69 Å². The number of imide groups is 1. The van der Waals surface area contributed by atoms with Crippen LogP contribution in [0.25, 0.3) is 0 Å². The maximum absolute atomic E-state index is 12.5. The predicted octanol–water partition coefficient (Wildman–Crippen LogP) is 3.02. The minimum atomic E-state index is -4.54. The van der Waals surface area contributed by atoms with Crippen LogP contribution >= 0.6 is 11.3 Å². The Balaban J connectivity index is 2.22. The second-order valence-electron chi connectivity index (χ2n) is 6.32. The Morgan fingerprint density at radius 1 is 1.32 bits per heavy atom. The Kier molecular flexibility index (Phi) is 3.75. The summed E-state index contributed by atoms with van der Waals surface area (Å²) in [5.41, 5.74) is -2.65. The highest BCUT2D eigenvalue weighted by atomic mass is 32.1. The van der Waals surface area contributed by atoms with E-state index < -0.39 is 34.8 Å². The average molecular weight is 335 g/mol. The standard InChI is InChI=1S/C13H16F3N3O2S/c1-11(2,3)12(4)9(20)19(10(21)18-12)5-8-17-7(6-22-8)13(14,15)16/h6H,5H2,1-4H3,(H,18,21)/t12-/m0/s1. The monoisotopic (exact) mass is 335 g/mol. The second-order valence-corrected chi connectivity index (χ2v) is 7.26. The van der Waals surface area contributed by atoms with Crippen LogP contribution in [0.3, 0.4) is 0 Å². The van der Waals surface area contributed by atoms with E-state index in [-0.39, 0.29) is 11.6 Å². The number of thiazole rings is 1. The largest absolute Gasteiger partial charge is 0.434 e. The fourth-order valence-corrected chi connectivity index (χ4v) is 2.79. The van der Waals surface area contributed by atoms with Crippen molar-refractivity contribution in [1.29, 1.82) is 0 Å². The van der Waals surface area contributed by atoms with Crippen molar-refractivity contribution in [2.24, 2.45) is 5.41 Å². The van der Waals surface area contributed by atoms with Gasteiger partial charge in [0.1, 0.15) is 10.5 Å². The van der Waals surface area contributed by atoms with Crippen molar-refractivity contribution in [2.75, 3.05) is 0 Å². The lowest BCUT2D eigenvalue weighted by Crippen LogP contribution is -2.54. The smallest absolute Gasteiger partial charge is 0.323 e. The minimum absolute atomic E-state index is 0.0639. The van der Waals surface area contributed by atoms with Crippen LogP contribution in [-0.2, 0) is 17.5 Å². The summed E-state index contributed by atoms with van der Waals surface area (Å²) in [5.74, 6) is -0.464. The van der Waals surface area contributed by atoms with Gasteiger partial charge in [0.25, 0.3) is 5.91 Å². The first-order chi connectivity index (χ1) is 9.86. The Bertz CT molecular complexity index is 621. The summed E-state index contributed by atoms with van der Waals surface area (Å²) in [5, 5.41) is 3.56. The van der Waals surface area contributed by atoms with Gasteiger partial charge in [-0.15, -0.1) is 11.3 Å². The number of aromatic nitrogens is 1. The molecule has 1 fully saturated rings. The van der Waals surface area contributed by atoms with E-state index in [9.17, 15) is 22.8 Å². The van der Waals surface area contributed by atoms with Gasteiger partial charge in [-0.25, -0.2) is 9.78 Å². The van der Waals surface area contributed by atoms with Crippen molar-refractivity contribution < 1.29 is 22.8 Å². The lowest BCUT2D eigenvalue weighted by molar-refractivity contribution is -0.140. The Labute approximate surface area is 129 Å². The summed E-state index contributed by atoms with van der Waals surface area (Å²) in [4.78, 5) is 28.8. The molecule has 0 bridgehead atoms. The van der Waals surface area contributed by atoms with Crippen LogP contribution in [0.15, 0.2) is 5.38 Å². The number of hydrogen-bond acceptors (Lipinski definition) is 4. The third-order valence-corrected chi connectivity index (χ3v) is 4.74. The summed E-state index contributed by atoms with van der Waals surface area (Å²) >= 11 is 0.770. The predicted molar refractivity (Wildman–Crippen MR) is 74.1 cm³/mol. The number of carbonyl (C=O) groups excluding carboxylic acids is 2. The van der Waals surface area contributed by atoms with Gasteiger partial charge in [-0.2, -0.15) is 13.2 Å². The zero-order chi connectivity index (χ0) is 16.9. The molecule has 0 unspecified atom stereocenters. The number of halogens is 3. The number of alkyl halides is 3. The van der Waals surface area contributed by atoms with Crippen molar-refractivity contribution in [3.63, 3.8) is 0 Å². The Morgan fingerprint density at radius 2 is 1.91 bits per heavy atom. The van der Waals surface area contributed by atoms with Crippen LogP contribution in [0.1, 0.15) is 38.4 Å². The van der Waals surface area contributed by atoms with Gasteiger partial charge < -0.3 is 5.32 Å². The summed E-state index contributed by atoms with van der Waals surface area (Å²) in [6.07, 6.45) is -4.54. The van der Waals surface area contributed by atoms with Crippen molar-refractivity contribution in [2.45, 2.75) is 46.0 Å². The van der Waals surface area contributed by atoms with Crippen LogP contribution in [0, 0.1) is 5.41 Å². The molecule has 2 rings (SSSR count). The normalized spacial score (nSPS) is 23.1. The molecule has 0 aromatic carbocycles. The maximum Gasteiger partial charge on any atom is 0.434 e. The number of hydrogen-bond donors (Lipinski definition) is 1. The SMILES string of the molecule is CC(C)(C)[C@@]1(C)NC(=O)N(Cc2nc(C(F)(F)F)cs2)C1=O. The van der Waals surface area contributed by atoms with E-state index in [4.69, 9.17) is 0 Å². The quantitative estimate of drug-likeness (QED) is 0.845. The zero-order valence-electron chi connectivity index (χ0n) is 12.5. The van der Waals surface area contributed by atoms with Crippen LogP contribution in [0.4, 0.5) is 18.0 Å². The van der Waals surface area contributed by atoms with Crippen molar-refractivity contribution >= 4 is 23.3 Å². The van der Waals surface area contributed by atoms with E-state index in [1.807, 2.05) is 0 Å². The molecule has 0 radical (unpaired) electrons. The summed E-state index contributed by atoms with van der Waals surface area (Å²) < 4.78 is 37.6. The molecule has 2 heterocycles. The van der Waals surface area contributed by atoms with Gasteiger partial charge in [-0.3, -0.25) is 9.69 Å². The molecule has 0 saturated carbocycles. The van der Waals surface area contributed by atoms with Crippen LogP contribution < -0.4 is 5.32 Å². The molecule has 0 aliphatic carbocycles. The third-order valence-electron chi connectivity index (χ3n) is 3.91. The minimum Gasteiger partial charge on any atom is -0.323 e. The fourth-order valence-electron chi connectivity index (χ4n) is 2.00. The highest BCUT2D eigenvalue weighted by Crippen LogP contribution is 2.36. The molecule has 1 aromatic rings. The van der Waals surface area contributed by atoms with Crippen LogP contribution in [0.5, 0.6) is 0 Å². The molecule has 1 atom stereocenters.